The molecular formula is C11H24O. The quantitative estimate of drug-likeness (QED) is 0.652. The Bertz CT molecular complexity index is 101. The van der Waals surface area contributed by atoms with Crippen LogP contribution in [0.1, 0.15) is 53.4 Å². The van der Waals surface area contributed by atoms with Gasteiger partial charge in [-0.1, -0.05) is 47.0 Å². The molecule has 0 aliphatic carbocycles. The molecule has 0 heterocycles. The predicted octanol–water partition coefficient (Wildman–Crippen LogP) is 3.22. The van der Waals surface area contributed by atoms with E-state index in [9.17, 15) is 5.11 Å². The molecule has 0 rings (SSSR count). The number of aliphatic hydroxyl groups excluding tert-OH is 1. The van der Waals surface area contributed by atoms with Crippen LogP contribution in [0.4, 0.5) is 0 Å². The molecule has 74 valence electrons. The lowest BCUT2D eigenvalue weighted by atomic mass is 9.91. The minimum absolute atomic E-state index is 0.0865. The summed E-state index contributed by atoms with van der Waals surface area (Å²) in [7, 11) is 0. The minimum atomic E-state index is -0.0865. The van der Waals surface area contributed by atoms with Crippen molar-refractivity contribution in [1.82, 2.24) is 0 Å². The van der Waals surface area contributed by atoms with Crippen molar-refractivity contribution in [3.8, 4) is 0 Å². The highest BCUT2D eigenvalue weighted by Gasteiger charge is 2.14. The minimum Gasteiger partial charge on any atom is -0.393 e. The molecule has 0 aromatic carbocycles. The fourth-order valence-electron chi connectivity index (χ4n) is 1.53. The highest BCUT2D eigenvalue weighted by Crippen LogP contribution is 2.18. The van der Waals surface area contributed by atoms with Crippen molar-refractivity contribution in [3.63, 3.8) is 0 Å². The molecule has 0 spiro atoms. The average molecular weight is 172 g/mol. The lowest BCUT2D eigenvalue weighted by Crippen LogP contribution is -2.19. The van der Waals surface area contributed by atoms with Crippen molar-refractivity contribution >= 4 is 0 Å². The first-order valence-corrected chi connectivity index (χ1v) is 5.29. The van der Waals surface area contributed by atoms with Crippen molar-refractivity contribution in [1.29, 1.82) is 0 Å². The lowest BCUT2D eigenvalue weighted by Gasteiger charge is -2.20. The second-order valence-electron chi connectivity index (χ2n) is 4.08. The SMILES string of the molecule is CCCC(C)CC(O)C(C)CC. The zero-order chi connectivity index (χ0) is 9.56. The summed E-state index contributed by atoms with van der Waals surface area (Å²) >= 11 is 0. The fourth-order valence-corrected chi connectivity index (χ4v) is 1.53. The second kappa shape index (κ2) is 6.47. The molecule has 0 bridgehead atoms. The van der Waals surface area contributed by atoms with Crippen molar-refractivity contribution in [2.24, 2.45) is 11.8 Å². The Morgan fingerprint density at radius 3 is 2.17 bits per heavy atom. The van der Waals surface area contributed by atoms with Crippen LogP contribution in [0.15, 0.2) is 0 Å². The molecule has 0 saturated heterocycles. The van der Waals surface area contributed by atoms with Crippen molar-refractivity contribution < 1.29 is 5.11 Å². The summed E-state index contributed by atoms with van der Waals surface area (Å²) in [5.74, 6) is 1.14. The van der Waals surface area contributed by atoms with Gasteiger partial charge in [0.25, 0.3) is 0 Å². The molecule has 0 amide bonds. The Balaban J connectivity index is 3.59. The molecule has 0 aromatic rings. The maximum Gasteiger partial charge on any atom is 0.0568 e. The van der Waals surface area contributed by atoms with Crippen molar-refractivity contribution in [3.05, 3.63) is 0 Å². The largest absolute Gasteiger partial charge is 0.393 e. The first kappa shape index (κ1) is 12.0. The third kappa shape index (κ3) is 4.76. The number of hydrogen-bond acceptors (Lipinski definition) is 1. The van der Waals surface area contributed by atoms with Gasteiger partial charge in [-0.05, 0) is 18.3 Å². The van der Waals surface area contributed by atoms with Gasteiger partial charge in [0.1, 0.15) is 0 Å². The first-order valence-electron chi connectivity index (χ1n) is 5.29. The summed E-state index contributed by atoms with van der Waals surface area (Å²) in [6.45, 7) is 8.70. The Hall–Kier alpha value is -0.0400. The van der Waals surface area contributed by atoms with Crippen LogP contribution in [-0.4, -0.2) is 11.2 Å². The van der Waals surface area contributed by atoms with Crippen molar-refractivity contribution in [2.45, 2.75) is 59.5 Å². The summed E-state index contributed by atoms with van der Waals surface area (Å²) in [4.78, 5) is 0. The van der Waals surface area contributed by atoms with Crippen LogP contribution in [0.2, 0.25) is 0 Å². The van der Waals surface area contributed by atoms with Crippen LogP contribution < -0.4 is 0 Å². The normalized spacial score (nSPS) is 18.8. The molecular weight excluding hydrogens is 148 g/mol. The van der Waals surface area contributed by atoms with E-state index in [0.29, 0.717) is 11.8 Å². The van der Waals surface area contributed by atoms with Gasteiger partial charge in [0, 0.05) is 0 Å². The number of aliphatic hydroxyl groups is 1. The summed E-state index contributed by atoms with van der Waals surface area (Å²) in [6, 6.07) is 0. The molecule has 12 heavy (non-hydrogen) atoms. The average Bonchev–Trinajstić information content (AvgIpc) is 2.03. The molecule has 0 aliphatic heterocycles. The highest BCUT2D eigenvalue weighted by molar-refractivity contribution is 4.66. The maximum absolute atomic E-state index is 9.71. The van der Waals surface area contributed by atoms with Crippen LogP contribution in [-0.2, 0) is 0 Å². The van der Waals surface area contributed by atoms with Gasteiger partial charge in [-0.25, -0.2) is 0 Å². The van der Waals surface area contributed by atoms with Gasteiger partial charge < -0.3 is 5.11 Å². The monoisotopic (exact) mass is 172 g/mol. The van der Waals surface area contributed by atoms with Crippen LogP contribution in [0.5, 0.6) is 0 Å². The third-order valence-electron chi connectivity index (χ3n) is 2.73. The third-order valence-corrected chi connectivity index (χ3v) is 2.73. The van der Waals surface area contributed by atoms with Crippen LogP contribution in [0.25, 0.3) is 0 Å². The summed E-state index contributed by atoms with van der Waals surface area (Å²) in [5, 5.41) is 9.71. The smallest absolute Gasteiger partial charge is 0.0568 e. The zero-order valence-electron chi connectivity index (χ0n) is 9.01. The van der Waals surface area contributed by atoms with Crippen molar-refractivity contribution in [2.75, 3.05) is 0 Å². The van der Waals surface area contributed by atoms with Gasteiger partial charge in [-0.3, -0.25) is 0 Å². The Morgan fingerprint density at radius 1 is 1.17 bits per heavy atom. The maximum atomic E-state index is 9.71. The highest BCUT2D eigenvalue weighted by atomic mass is 16.3. The standard InChI is InChI=1S/C11H24O/c1-5-7-9(3)8-11(12)10(4)6-2/h9-12H,5-8H2,1-4H3. The van der Waals surface area contributed by atoms with Gasteiger partial charge in [0.15, 0.2) is 0 Å². The Kier molecular flexibility index (Phi) is 6.45. The molecule has 1 N–H and O–H groups in total. The Morgan fingerprint density at radius 2 is 1.75 bits per heavy atom. The molecule has 0 fully saturated rings. The summed E-state index contributed by atoms with van der Waals surface area (Å²) in [6.07, 6.45) is 4.45. The van der Waals surface area contributed by atoms with Crippen LogP contribution in [0, 0.1) is 11.8 Å². The van der Waals surface area contributed by atoms with E-state index < -0.39 is 0 Å². The number of hydrogen-bond donors (Lipinski definition) is 1. The van der Waals surface area contributed by atoms with Crippen LogP contribution in [0.3, 0.4) is 0 Å². The van der Waals surface area contributed by atoms with Gasteiger partial charge in [0.2, 0.25) is 0 Å². The predicted molar refractivity (Wildman–Crippen MR) is 54.2 cm³/mol. The molecule has 0 aromatic heterocycles. The van der Waals surface area contributed by atoms with Gasteiger partial charge in [-0.15, -0.1) is 0 Å². The molecule has 3 atom stereocenters. The van der Waals surface area contributed by atoms with Gasteiger partial charge in [0.05, 0.1) is 6.10 Å². The van der Waals surface area contributed by atoms with E-state index in [4.69, 9.17) is 0 Å². The number of rotatable bonds is 6. The first-order chi connectivity index (χ1) is 5.61. The van der Waals surface area contributed by atoms with Gasteiger partial charge >= 0.3 is 0 Å². The molecule has 1 heteroatoms. The molecule has 0 aliphatic rings. The Labute approximate surface area is 77.2 Å². The van der Waals surface area contributed by atoms with E-state index in [1.165, 1.54) is 12.8 Å². The second-order valence-corrected chi connectivity index (χ2v) is 4.08. The van der Waals surface area contributed by atoms with E-state index >= 15 is 0 Å². The fraction of sp³-hybridized carbons (Fsp3) is 1.00. The van der Waals surface area contributed by atoms with E-state index in [-0.39, 0.29) is 6.10 Å². The molecule has 3 unspecified atom stereocenters. The summed E-state index contributed by atoms with van der Waals surface area (Å²) < 4.78 is 0. The van der Waals surface area contributed by atoms with Crippen LogP contribution >= 0.6 is 0 Å². The summed E-state index contributed by atoms with van der Waals surface area (Å²) in [5.41, 5.74) is 0. The van der Waals surface area contributed by atoms with Gasteiger partial charge in [-0.2, -0.15) is 0 Å². The van der Waals surface area contributed by atoms with E-state index in [2.05, 4.69) is 27.7 Å². The van der Waals surface area contributed by atoms with E-state index in [1.54, 1.807) is 0 Å². The molecule has 1 nitrogen and oxygen atoms in total. The lowest BCUT2D eigenvalue weighted by molar-refractivity contribution is 0.0887. The topological polar surface area (TPSA) is 20.2 Å². The van der Waals surface area contributed by atoms with E-state index in [1.807, 2.05) is 0 Å². The molecule has 0 radical (unpaired) electrons. The van der Waals surface area contributed by atoms with E-state index in [0.717, 1.165) is 12.8 Å². The molecule has 0 saturated carbocycles. The zero-order valence-corrected chi connectivity index (χ0v) is 9.01.